The summed E-state index contributed by atoms with van der Waals surface area (Å²) in [6.07, 6.45) is 5.04. The summed E-state index contributed by atoms with van der Waals surface area (Å²) in [7, 11) is 0. The number of aromatic nitrogens is 1. The molecule has 0 unspecified atom stereocenters. The molecule has 0 fully saturated rings. The zero-order valence-electron chi connectivity index (χ0n) is 9.01. The van der Waals surface area contributed by atoms with Crippen LogP contribution in [0, 0.1) is 12.3 Å². The van der Waals surface area contributed by atoms with Crippen LogP contribution in [0.25, 0.3) is 11.3 Å². The third-order valence-corrected chi connectivity index (χ3v) is 2.15. The molecule has 4 nitrogen and oxygen atoms in total. The smallest absolute Gasteiger partial charge is 0.290 e. The van der Waals surface area contributed by atoms with Crippen molar-refractivity contribution in [1.82, 2.24) is 10.5 Å². The van der Waals surface area contributed by atoms with Crippen LogP contribution in [-0.2, 0) is 0 Å². The second kappa shape index (κ2) is 4.99. The molecule has 1 aromatic carbocycles. The van der Waals surface area contributed by atoms with Gasteiger partial charge in [-0.3, -0.25) is 4.79 Å². The van der Waals surface area contributed by atoms with Gasteiger partial charge in [0.05, 0.1) is 6.54 Å². The fourth-order valence-electron chi connectivity index (χ4n) is 1.35. The Balaban J connectivity index is 2.17. The van der Waals surface area contributed by atoms with E-state index in [0.717, 1.165) is 5.56 Å². The van der Waals surface area contributed by atoms with Gasteiger partial charge in [-0.25, -0.2) is 0 Å². The maximum atomic E-state index is 11.5. The molecule has 1 aromatic heterocycles. The van der Waals surface area contributed by atoms with Gasteiger partial charge < -0.3 is 9.84 Å². The Labute approximate surface area is 98.6 Å². The van der Waals surface area contributed by atoms with Crippen LogP contribution in [0.5, 0.6) is 0 Å². The molecule has 2 aromatic rings. The molecule has 0 aliphatic heterocycles. The van der Waals surface area contributed by atoms with Crippen LogP contribution < -0.4 is 5.32 Å². The first-order chi connectivity index (χ1) is 8.31. The summed E-state index contributed by atoms with van der Waals surface area (Å²) >= 11 is 0. The zero-order chi connectivity index (χ0) is 12.1. The molecule has 1 heterocycles. The average molecular weight is 226 g/mol. The minimum atomic E-state index is -0.363. The Bertz CT molecular complexity index is 552. The van der Waals surface area contributed by atoms with Crippen LogP contribution in [0.15, 0.2) is 40.9 Å². The van der Waals surface area contributed by atoms with Gasteiger partial charge in [0.1, 0.15) is 5.69 Å². The molecule has 0 saturated heterocycles. The van der Waals surface area contributed by atoms with E-state index < -0.39 is 0 Å². The molecule has 4 heteroatoms. The fraction of sp³-hybridized carbons (Fsp3) is 0.0769. The second-order valence-electron chi connectivity index (χ2n) is 3.33. The van der Waals surface area contributed by atoms with Crippen LogP contribution in [0.4, 0.5) is 0 Å². The number of nitrogens with one attached hydrogen (secondary N) is 1. The van der Waals surface area contributed by atoms with Gasteiger partial charge in [0.15, 0.2) is 0 Å². The van der Waals surface area contributed by atoms with E-state index in [1.54, 1.807) is 6.07 Å². The molecular weight excluding hydrogens is 216 g/mol. The molecule has 0 aliphatic rings. The van der Waals surface area contributed by atoms with Crippen molar-refractivity contribution in [3.63, 3.8) is 0 Å². The fourth-order valence-corrected chi connectivity index (χ4v) is 1.35. The summed E-state index contributed by atoms with van der Waals surface area (Å²) < 4.78 is 4.95. The normalized spacial score (nSPS) is 9.59. The van der Waals surface area contributed by atoms with Gasteiger partial charge >= 0.3 is 0 Å². The molecule has 1 N–H and O–H groups in total. The number of terminal acetylenes is 1. The number of benzene rings is 1. The molecular formula is C13H10N2O2. The van der Waals surface area contributed by atoms with E-state index in [-0.39, 0.29) is 18.2 Å². The zero-order valence-corrected chi connectivity index (χ0v) is 9.01. The molecule has 17 heavy (non-hydrogen) atoms. The topological polar surface area (TPSA) is 55.1 Å². The predicted molar refractivity (Wildman–Crippen MR) is 63.1 cm³/mol. The number of hydrogen-bond acceptors (Lipinski definition) is 3. The summed E-state index contributed by atoms with van der Waals surface area (Å²) in [6, 6.07) is 11.1. The van der Waals surface area contributed by atoms with Gasteiger partial charge in [-0.05, 0) is 0 Å². The highest BCUT2D eigenvalue weighted by Gasteiger charge is 2.12. The Morgan fingerprint density at radius 1 is 1.41 bits per heavy atom. The lowest BCUT2D eigenvalue weighted by atomic mass is 10.1. The number of hydrogen-bond donors (Lipinski definition) is 1. The maximum Gasteiger partial charge on any atom is 0.290 e. The van der Waals surface area contributed by atoms with Gasteiger partial charge in [0.2, 0.25) is 5.76 Å². The monoisotopic (exact) mass is 226 g/mol. The number of carbonyl (C=O) groups is 1. The van der Waals surface area contributed by atoms with Crippen LogP contribution >= 0.6 is 0 Å². The van der Waals surface area contributed by atoms with Crippen LogP contribution in [0.3, 0.4) is 0 Å². The van der Waals surface area contributed by atoms with Crippen LogP contribution in [0.1, 0.15) is 10.6 Å². The van der Waals surface area contributed by atoms with Gasteiger partial charge in [-0.2, -0.15) is 0 Å². The maximum absolute atomic E-state index is 11.5. The van der Waals surface area contributed by atoms with E-state index in [2.05, 4.69) is 16.4 Å². The lowest BCUT2D eigenvalue weighted by Gasteiger charge is -1.94. The Hall–Kier alpha value is -2.54. The summed E-state index contributed by atoms with van der Waals surface area (Å²) in [5.41, 5.74) is 1.52. The first-order valence-electron chi connectivity index (χ1n) is 5.05. The van der Waals surface area contributed by atoms with Crippen molar-refractivity contribution in [2.24, 2.45) is 0 Å². The van der Waals surface area contributed by atoms with Crippen molar-refractivity contribution in [3.8, 4) is 23.6 Å². The van der Waals surface area contributed by atoms with Crippen molar-refractivity contribution in [3.05, 3.63) is 42.2 Å². The molecule has 0 bridgehead atoms. The Morgan fingerprint density at radius 2 is 2.18 bits per heavy atom. The lowest BCUT2D eigenvalue weighted by Crippen LogP contribution is -2.22. The number of nitrogens with zero attached hydrogens (tertiary/aromatic N) is 1. The van der Waals surface area contributed by atoms with E-state index in [1.165, 1.54) is 0 Å². The number of amides is 1. The quantitative estimate of drug-likeness (QED) is 0.810. The molecule has 0 atom stereocenters. The summed E-state index contributed by atoms with van der Waals surface area (Å²) in [4.78, 5) is 11.5. The highest BCUT2D eigenvalue weighted by molar-refractivity contribution is 5.92. The Kier molecular flexibility index (Phi) is 3.22. The van der Waals surface area contributed by atoms with Gasteiger partial charge in [-0.1, -0.05) is 41.4 Å². The molecule has 1 amide bonds. The summed E-state index contributed by atoms with van der Waals surface area (Å²) in [5.74, 6) is 2.10. The van der Waals surface area contributed by atoms with E-state index >= 15 is 0 Å². The highest BCUT2D eigenvalue weighted by atomic mass is 16.5. The number of rotatable bonds is 3. The van der Waals surface area contributed by atoms with Crippen molar-refractivity contribution >= 4 is 5.91 Å². The van der Waals surface area contributed by atoms with Crippen molar-refractivity contribution < 1.29 is 9.32 Å². The standard InChI is InChI=1S/C13H10N2O2/c1-2-8-14-13(16)12-9-11(15-17-12)10-6-4-3-5-7-10/h1,3-7,9H,8H2,(H,14,16). The van der Waals surface area contributed by atoms with Gasteiger partial charge in [0.25, 0.3) is 5.91 Å². The summed E-state index contributed by atoms with van der Waals surface area (Å²) in [5, 5.41) is 6.33. The van der Waals surface area contributed by atoms with Crippen molar-refractivity contribution in [2.45, 2.75) is 0 Å². The van der Waals surface area contributed by atoms with E-state index in [1.807, 2.05) is 30.3 Å². The van der Waals surface area contributed by atoms with E-state index in [0.29, 0.717) is 5.69 Å². The van der Waals surface area contributed by atoms with Crippen LogP contribution in [-0.4, -0.2) is 17.6 Å². The van der Waals surface area contributed by atoms with E-state index in [9.17, 15) is 4.79 Å². The average Bonchev–Trinajstić information content (AvgIpc) is 2.86. The first kappa shape index (κ1) is 11.0. The molecule has 0 saturated carbocycles. The number of carbonyl (C=O) groups excluding carboxylic acids is 1. The molecule has 0 spiro atoms. The minimum absolute atomic E-state index is 0.152. The highest BCUT2D eigenvalue weighted by Crippen LogP contribution is 2.18. The third kappa shape index (κ3) is 2.52. The van der Waals surface area contributed by atoms with Gasteiger partial charge in [0, 0.05) is 11.6 Å². The summed E-state index contributed by atoms with van der Waals surface area (Å²) in [6.45, 7) is 0.167. The molecule has 84 valence electrons. The van der Waals surface area contributed by atoms with Crippen molar-refractivity contribution in [1.29, 1.82) is 0 Å². The molecule has 0 radical (unpaired) electrons. The minimum Gasteiger partial charge on any atom is -0.350 e. The predicted octanol–water partition coefficient (Wildman–Crippen LogP) is 1.70. The van der Waals surface area contributed by atoms with Crippen molar-refractivity contribution in [2.75, 3.05) is 6.54 Å². The lowest BCUT2D eigenvalue weighted by molar-refractivity contribution is 0.0922. The largest absolute Gasteiger partial charge is 0.350 e. The van der Waals surface area contributed by atoms with E-state index in [4.69, 9.17) is 10.9 Å². The molecule has 2 rings (SSSR count). The third-order valence-electron chi connectivity index (χ3n) is 2.15. The molecule has 0 aliphatic carbocycles. The SMILES string of the molecule is C#CCNC(=O)c1cc(-c2ccccc2)no1. The Morgan fingerprint density at radius 3 is 2.88 bits per heavy atom. The van der Waals surface area contributed by atoms with Crippen LogP contribution in [0.2, 0.25) is 0 Å². The second-order valence-corrected chi connectivity index (χ2v) is 3.33. The first-order valence-corrected chi connectivity index (χ1v) is 5.05. The van der Waals surface area contributed by atoms with Gasteiger partial charge in [-0.15, -0.1) is 6.42 Å².